The lowest BCUT2D eigenvalue weighted by Gasteiger charge is -2.22. The van der Waals surface area contributed by atoms with Crippen molar-refractivity contribution in [3.05, 3.63) is 23.8 Å². The average molecular weight is 237 g/mol. The summed E-state index contributed by atoms with van der Waals surface area (Å²) in [6.07, 6.45) is 4.91. The zero-order chi connectivity index (χ0) is 11.6. The molecule has 2 heterocycles. The van der Waals surface area contributed by atoms with Crippen molar-refractivity contribution in [2.45, 2.75) is 39.8 Å². The SMILES string of the molecule is C.CO[C@]1(C)CCN(Cc2cnc(C)nc2)C1. The van der Waals surface area contributed by atoms with E-state index in [1.165, 1.54) is 5.56 Å². The summed E-state index contributed by atoms with van der Waals surface area (Å²) in [7, 11) is 1.79. The van der Waals surface area contributed by atoms with Gasteiger partial charge in [-0.15, -0.1) is 0 Å². The molecule has 0 aliphatic carbocycles. The van der Waals surface area contributed by atoms with Gasteiger partial charge in [0.2, 0.25) is 0 Å². The van der Waals surface area contributed by atoms with Crippen molar-refractivity contribution in [1.82, 2.24) is 14.9 Å². The Morgan fingerprint density at radius 3 is 2.59 bits per heavy atom. The molecule has 4 heteroatoms. The van der Waals surface area contributed by atoms with Gasteiger partial charge in [-0.25, -0.2) is 9.97 Å². The molecule has 1 aliphatic rings. The van der Waals surface area contributed by atoms with Crippen LogP contribution in [0.1, 0.15) is 32.2 Å². The second-order valence-corrected chi connectivity index (χ2v) is 4.75. The number of ether oxygens (including phenoxy) is 1. The van der Waals surface area contributed by atoms with Crippen LogP contribution < -0.4 is 0 Å². The lowest BCUT2D eigenvalue weighted by Crippen LogP contribution is -2.31. The van der Waals surface area contributed by atoms with Gasteiger partial charge in [-0.2, -0.15) is 0 Å². The van der Waals surface area contributed by atoms with Crippen LogP contribution in [-0.4, -0.2) is 40.7 Å². The van der Waals surface area contributed by atoms with Gasteiger partial charge in [-0.1, -0.05) is 7.43 Å². The Labute approximate surface area is 104 Å². The van der Waals surface area contributed by atoms with Gasteiger partial charge in [0.25, 0.3) is 0 Å². The summed E-state index contributed by atoms with van der Waals surface area (Å²) in [5, 5.41) is 0. The second kappa shape index (κ2) is 5.56. The molecule has 0 aromatic carbocycles. The number of rotatable bonds is 3. The highest BCUT2D eigenvalue weighted by atomic mass is 16.5. The summed E-state index contributed by atoms with van der Waals surface area (Å²) in [4.78, 5) is 10.8. The lowest BCUT2D eigenvalue weighted by atomic mass is 10.1. The van der Waals surface area contributed by atoms with Gasteiger partial charge in [0, 0.05) is 44.7 Å². The molecule has 96 valence electrons. The Morgan fingerprint density at radius 1 is 1.41 bits per heavy atom. The Morgan fingerprint density at radius 2 is 2.06 bits per heavy atom. The summed E-state index contributed by atoms with van der Waals surface area (Å²) >= 11 is 0. The van der Waals surface area contributed by atoms with Crippen LogP contribution in [0, 0.1) is 6.92 Å². The molecule has 1 fully saturated rings. The van der Waals surface area contributed by atoms with E-state index in [2.05, 4.69) is 21.8 Å². The van der Waals surface area contributed by atoms with Crippen molar-refractivity contribution < 1.29 is 4.74 Å². The lowest BCUT2D eigenvalue weighted by molar-refractivity contribution is 0.0143. The quantitative estimate of drug-likeness (QED) is 0.806. The minimum absolute atomic E-state index is 0. The highest BCUT2D eigenvalue weighted by Crippen LogP contribution is 2.24. The summed E-state index contributed by atoms with van der Waals surface area (Å²) in [5.41, 5.74) is 1.19. The molecule has 17 heavy (non-hydrogen) atoms. The third-order valence-electron chi connectivity index (χ3n) is 3.25. The summed E-state index contributed by atoms with van der Waals surface area (Å²) in [5.74, 6) is 0.826. The highest BCUT2D eigenvalue weighted by Gasteiger charge is 2.33. The first kappa shape index (κ1) is 14.1. The molecular formula is C13H23N3O. The molecule has 0 N–H and O–H groups in total. The fraction of sp³-hybridized carbons (Fsp3) is 0.692. The van der Waals surface area contributed by atoms with Crippen molar-refractivity contribution in [2.75, 3.05) is 20.2 Å². The molecule has 0 amide bonds. The van der Waals surface area contributed by atoms with E-state index in [0.29, 0.717) is 0 Å². The van der Waals surface area contributed by atoms with Crippen molar-refractivity contribution in [2.24, 2.45) is 0 Å². The van der Waals surface area contributed by atoms with Crippen LogP contribution in [0.3, 0.4) is 0 Å². The predicted molar refractivity (Wildman–Crippen MR) is 68.8 cm³/mol. The molecule has 0 unspecified atom stereocenters. The van der Waals surface area contributed by atoms with E-state index in [1.807, 2.05) is 19.3 Å². The van der Waals surface area contributed by atoms with Gasteiger partial charge in [0.15, 0.2) is 0 Å². The first-order valence-electron chi connectivity index (χ1n) is 5.66. The van der Waals surface area contributed by atoms with E-state index in [9.17, 15) is 0 Å². The molecule has 1 saturated heterocycles. The molecule has 4 nitrogen and oxygen atoms in total. The van der Waals surface area contributed by atoms with Gasteiger partial charge in [0.1, 0.15) is 5.82 Å². The molecule has 0 spiro atoms. The van der Waals surface area contributed by atoms with Crippen LogP contribution in [0.25, 0.3) is 0 Å². The van der Waals surface area contributed by atoms with Crippen LogP contribution >= 0.6 is 0 Å². The topological polar surface area (TPSA) is 38.2 Å². The summed E-state index contributed by atoms with van der Waals surface area (Å²) in [6, 6.07) is 0. The number of aryl methyl sites for hydroxylation is 1. The number of aromatic nitrogens is 2. The van der Waals surface area contributed by atoms with Crippen LogP contribution in [-0.2, 0) is 11.3 Å². The smallest absolute Gasteiger partial charge is 0.125 e. The summed E-state index contributed by atoms with van der Waals surface area (Å²) in [6.45, 7) is 7.05. The minimum atomic E-state index is 0. The van der Waals surface area contributed by atoms with Crippen LogP contribution in [0.4, 0.5) is 0 Å². The average Bonchev–Trinajstić information content (AvgIpc) is 2.65. The molecule has 1 aliphatic heterocycles. The molecule has 1 aromatic heterocycles. The number of hydrogen-bond acceptors (Lipinski definition) is 4. The van der Waals surface area contributed by atoms with Crippen molar-refractivity contribution in [1.29, 1.82) is 0 Å². The van der Waals surface area contributed by atoms with Gasteiger partial charge < -0.3 is 4.74 Å². The Kier molecular flexibility index (Phi) is 4.60. The molecule has 0 bridgehead atoms. The fourth-order valence-corrected chi connectivity index (χ4v) is 2.09. The second-order valence-electron chi connectivity index (χ2n) is 4.75. The number of hydrogen-bond donors (Lipinski definition) is 0. The van der Waals surface area contributed by atoms with E-state index in [1.54, 1.807) is 7.11 Å². The van der Waals surface area contributed by atoms with Crippen molar-refractivity contribution in [3.63, 3.8) is 0 Å². The van der Waals surface area contributed by atoms with Gasteiger partial charge in [0.05, 0.1) is 5.60 Å². The van der Waals surface area contributed by atoms with Crippen molar-refractivity contribution >= 4 is 0 Å². The maximum atomic E-state index is 5.51. The fourth-order valence-electron chi connectivity index (χ4n) is 2.09. The van der Waals surface area contributed by atoms with E-state index in [-0.39, 0.29) is 13.0 Å². The summed E-state index contributed by atoms with van der Waals surface area (Å²) < 4.78 is 5.51. The molecule has 1 atom stereocenters. The van der Waals surface area contributed by atoms with Gasteiger partial charge >= 0.3 is 0 Å². The van der Waals surface area contributed by atoms with E-state index in [4.69, 9.17) is 4.74 Å². The number of likely N-dealkylation sites (tertiary alicyclic amines) is 1. The first-order chi connectivity index (χ1) is 7.61. The van der Waals surface area contributed by atoms with E-state index in [0.717, 1.165) is 31.9 Å². The van der Waals surface area contributed by atoms with Crippen LogP contribution in [0.15, 0.2) is 12.4 Å². The third kappa shape index (κ3) is 3.48. The Balaban J connectivity index is 0.00000144. The molecular weight excluding hydrogens is 214 g/mol. The standard InChI is InChI=1S/C12H19N3O.CH4/c1-10-13-6-11(7-14-10)8-15-5-4-12(2,9-15)16-3;/h6-7H,4-5,8-9H2,1-3H3;1H4/t12-;/m1./s1. The third-order valence-corrected chi connectivity index (χ3v) is 3.25. The van der Waals surface area contributed by atoms with E-state index >= 15 is 0 Å². The Bertz CT molecular complexity index is 352. The van der Waals surface area contributed by atoms with Crippen LogP contribution in [0.2, 0.25) is 0 Å². The maximum Gasteiger partial charge on any atom is 0.125 e. The zero-order valence-electron chi connectivity index (χ0n) is 10.2. The van der Waals surface area contributed by atoms with Gasteiger partial charge in [-0.3, -0.25) is 4.90 Å². The van der Waals surface area contributed by atoms with Crippen molar-refractivity contribution in [3.8, 4) is 0 Å². The predicted octanol–water partition coefficient (Wildman–Crippen LogP) is 2.03. The van der Waals surface area contributed by atoms with Gasteiger partial charge in [-0.05, 0) is 20.3 Å². The number of methoxy groups -OCH3 is 1. The minimum Gasteiger partial charge on any atom is -0.377 e. The largest absolute Gasteiger partial charge is 0.377 e. The Hall–Kier alpha value is -1.00. The van der Waals surface area contributed by atoms with Crippen LogP contribution in [0.5, 0.6) is 0 Å². The maximum absolute atomic E-state index is 5.51. The molecule has 2 rings (SSSR count). The normalized spacial score (nSPS) is 24.6. The number of nitrogens with zero attached hydrogens (tertiary/aromatic N) is 3. The monoisotopic (exact) mass is 237 g/mol. The zero-order valence-corrected chi connectivity index (χ0v) is 10.2. The highest BCUT2D eigenvalue weighted by molar-refractivity contribution is 5.05. The first-order valence-corrected chi connectivity index (χ1v) is 5.66. The molecule has 1 aromatic rings. The van der Waals surface area contributed by atoms with E-state index < -0.39 is 0 Å². The molecule has 0 saturated carbocycles. The molecule has 0 radical (unpaired) electrons.